The van der Waals surface area contributed by atoms with E-state index < -0.39 is 10.0 Å². The van der Waals surface area contributed by atoms with Gasteiger partial charge in [-0.2, -0.15) is 5.26 Å². The SMILES string of the molecule is N#CC1CCCC1NS(=O)(=O)CC1CCCO1. The molecule has 6 heteroatoms. The molecule has 17 heavy (non-hydrogen) atoms. The summed E-state index contributed by atoms with van der Waals surface area (Å²) in [6.45, 7) is 0.657. The summed E-state index contributed by atoms with van der Waals surface area (Å²) in [6.07, 6.45) is 4.06. The number of nitrogens with zero attached hydrogens (tertiary/aromatic N) is 1. The minimum absolute atomic E-state index is 0.0294. The summed E-state index contributed by atoms with van der Waals surface area (Å²) in [4.78, 5) is 0. The Bertz CT molecular complexity index is 395. The largest absolute Gasteiger partial charge is 0.377 e. The van der Waals surface area contributed by atoms with Crippen LogP contribution in [0.2, 0.25) is 0 Å². The molecule has 5 nitrogen and oxygen atoms in total. The van der Waals surface area contributed by atoms with Crippen LogP contribution in [0.25, 0.3) is 0 Å². The Morgan fingerprint density at radius 2 is 2.12 bits per heavy atom. The predicted molar refractivity (Wildman–Crippen MR) is 62.6 cm³/mol. The summed E-state index contributed by atoms with van der Waals surface area (Å²) in [6, 6.07) is 1.97. The van der Waals surface area contributed by atoms with E-state index in [9.17, 15) is 8.42 Å². The lowest BCUT2D eigenvalue weighted by Crippen LogP contribution is -2.40. The van der Waals surface area contributed by atoms with Crippen LogP contribution in [0, 0.1) is 17.2 Å². The fourth-order valence-electron chi connectivity index (χ4n) is 2.55. The molecule has 2 fully saturated rings. The molecule has 3 unspecified atom stereocenters. The molecular formula is C11H18N2O3S. The highest BCUT2D eigenvalue weighted by Crippen LogP contribution is 2.25. The van der Waals surface area contributed by atoms with Crippen LogP contribution < -0.4 is 4.72 Å². The van der Waals surface area contributed by atoms with E-state index in [1.807, 2.05) is 0 Å². The Morgan fingerprint density at radius 1 is 1.29 bits per heavy atom. The lowest BCUT2D eigenvalue weighted by molar-refractivity contribution is 0.127. The molecule has 1 heterocycles. The smallest absolute Gasteiger partial charge is 0.214 e. The highest BCUT2D eigenvalue weighted by Gasteiger charge is 2.32. The number of sulfonamides is 1. The minimum Gasteiger partial charge on any atom is -0.377 e. The van der Waals surface area contributed by atoms with Gasteiger partial charge in [0.1, 0.15) is 0 Å². The van der Waals surface area contributed by atoms with Crippen LogP contribution in [0.3, 0.4) is 0 Å². The van der Waals surface area contributed by atoms with Gasteiger partial charge in [-0.1, -0.05) is 6.42 Å². The van der Waals surface area contributed by atoms with Gasteiger partial charge < -0.3 is 4.74 Å². The van der Waals surface area contributed by atoms with Crippen molar-refractivity contribution in [1.82, 2.24) is 4.72 Å². The molecule has 0 amide bonds. The lowest BCUT2D eigenvalue weighted by atomic mass is 10.1. The van der Waals surface area contributed by atoms with E-state index in [0.717, 1.165) is 32.1 Å². The zero-order chi connectivity index (χ0) is 12.3. The van der Waals surface area contributed by atoms with Gasteiger partial charge in [-0.05, 0) is 25.7 Å². The van der Waals surface area contributed by atoms with Crippen LogP contribution in [0.15, 0.2) is 0 Å². The van der Waals surface area contributed by atoms with E-state index in [2.05, 4.69) is 10.8 Å². The zero-order valence-electron chi connectivity index (χ0n) is 9.76. The number of nitrogens with one attached hydrogen (secondary N) is 1. The van der Waals surface area contributed by atoms with Crippen molar-refractivity contribution in [3.8, 4) is 6.07 Å². The van der Waals surface area contributed by atoms with E-state index in [1.165, 1.54) is 0 Å². The second-order valence-corrected chi connectivity index (χ2v) is 6.61. The maximum absolute atomic E-state index is 11.9. The van der Waals surface area contributed by atoms with E-state index in [4.69, 9.17) is 10.00 Å². The molecule has 3 atom stereocenters. The standard InChI is InChI=1S/C11H18N2O3S/c12-7-9-3-1-5-11(9)13-17(14,15)8-10-4-2-6-16-10/h9-11,13H,1-6,8H2. The molecule has 1 aliphatic carbocycles. The fourth-order valence-corrected chi connectivity index (χ4v) is 4.15. The van der Waals surface area contributed by atoms with Gasteiger partial charge in [0, 0.05) is 12.6 Å². The second-order valence-electron chi connectivity index (χ2n) is 4.81. The fraction of sp³-hybridized carbons (Fsp3) is 0.909. The molecule has 0 aromatic rings. The zero-order valence-corrected chi connectivity index (χ0v) is 10.6. The van der Waals surface area contributed by atoms with Crippen molar-refractivity contribution in [3.63, 3.8) is 0 Å². The molecule has 2 aliphatic rings. The maximum Gasteiger partial charge on any atom is 0.214 e. The van der Waals surface area contributed by atoms with Crippen LogP contribution >= 0.6 is 0 Å². The van der Waals surface area contributed by atoms with E-state index in [-0.39, 0.29) is 23.8 Å². The highest BCUT2D eigenvalue weighted by atomic mass is 32.2. The van der Waals surface area contributed by atoms with Crippen molar-refractivity contribution in [2.75, 3.05) is 12.4 Å². The number of ether oxygens (including phenoxy) is 1. The van der Waals surface area contributed by atoms with Gasteiger partial charge in [0.05, 0.1) is 23.8 Å². The molecule has 96 valence electrons. The molecule has 0 spiro atoms. The quantitative estimate of drug-likeness (QED) is 0.808. The second kappa shape index (κ2) is 5.34. The van der Waals surface area contributed by atoms with E-state index in [1.54, 1.807) is 0 Å². The van der Waals surface area contributed by atoms with Crippen LogP contribution in [0.1, 0.15) is 32.1 Å². The Hall–Kier alpha value is -0.640. The first-order valence-electron chi connectivity index (χ1n) is 6.12. The lowest BCUT2D eigenvalue weighted by Gasteiger charge is -2.17. The number of hydrogen-bond donors (Lipinski definition) is 1. The molecule has 1 N–H and O–H groups in total. The predicted octanol–water partition coefficient (Wildman–Crippen LogP) is 0.777. The molecule has 0 bridgehead atoms. The molecule has 2 rings (SSSR count). The van der Waals surface area contributed by atoms with Gasteiger partial charge in [0.15, 0.2) is 0 Å². The topological polar surface area (TPSA) is 79.2 Å². The van der Waals surface area contributed by atoms with Crippen LogP contribution in [0.5, 0.6) is 0 Å². The molecule has 0 aromatic carbocycles. The molecule has 1 aliphatic heterocycles. The molecule has 0 radical (unpaired) electrons. The Kier molecular flexibility index (Phi) is 4.02. The van der Waals surface area contributed by atoms with Crippen molar-refractivity contribution in [1.29, 1.82) is 5.26 Å². The summed E-state index contributed by atoms with van der Waals surface area (Å²) >= 11 is 0. The average Bonchev–Trinajstić information content (AvgIpc) is 2.87. The molecule has 1 saturated carbocycles. The normalized spacial score (nSPS) is 33.7. The minimum atomic E-state index is -3.32. The van der Waals surface area contributed by atoms with Crippen molar-refractivity contribution < 1.29 is 13.2 Å². The molecular weight excluding hydrogens is 240 g/mol. The third-order valence-electron chi connectivity index (χ3n) is 3.44. The first-order chi connectivity index (χ1) is 8.11. The first-order valence-corrected chi connectivity index (χ1v) is 7.77. The van der Waals surface area contributed by atoms with E-state index >= 15 is 0 Å². The van der Waals surface area contributed by atoms with Gasteiger partial charge in [0.2, 0.25) is 10.0 Å². The number of rotatable bonds is 4. The number of hydrogen-bond acceptors (Lipinski definition) is 4. The van der Waals surface area contributed by atoms with Gasteiger partial charge in [-0.15, -0.1) is 0 Å². The highest BCUT2D eigenvalue weighted by molar-refractivity contribution is 7.89. The van der Waals surface area contributed by atoms with Crippen molar-refractivity contribution in [2.45, 2.75) is 44.2 Å². The summed E-state index contributed by atoms with van der Waals surface area (Å²) in [5.41, 5.74) is 0. The van der Waals surface area contributed by atoms with E-state index in [0.29, 0.717) is 6.61 Å². The third kappa shape index (κ3) is 3.41. The first kappa shape index (κ1) is 12.8. The summed E-state index contributed by atoms with van der Waals surface area (Å²) in [5.74, 6) is -0.143. The Morgan fingerprint density at radius 3 is 2.76 bits per heavy atom. The number of nitriles is 1. The maximum atomic E-state index is 11.9. The van der Waals surface area contributed by atoms with Crippen molar-refractivity contribution >= 4 is 10.0 Å². The molecule has 0 aromatic heterocycles. The van der Waals surface area contributed by atoms with Crippen LogP contribution in [-0.2, 0) is 14.8 Å². The summed E-state index contributed by atoms with van der Waals surface area (Å²) in [7, 11) is -3.32. The Labute approximate surface area is 102 Å². The summed E-state index contributed by atoms with van der Waals surface area (Å²) in [5, 5.41) is 8.91. The van der Waals surface area contributed by atoms with Gasteiger partial charge in [0.25, 0.3) is 0 Å². The van der Waals surface area contributed by atoms with Crippen LogP contribution in [0.4, 0.5) is 0 Å². The summed E-state index contributed by atoms with van der Waals surface area (Å²) < 4.78 is 31.8. The van der Waals surface area contributed by atoms with Gasteiger partial charge >= 0.3 is 0 Å². The molecule has 1 saturated heterocycles. The van der Waals surface area contributed by atoms with Gasteiger partial charge in [-0.3, -0.25) is 0 Å². The third-order valence-corrected chi connectivity index (χ3v) is 4.91. The van der Waals surface area contributed by atoms with Gasteiger partial charge in [-0.25, -0.2) is 13.1 Å². The van der Waals surface area contributed by atoms with Crippen molar-refractivity contribution in [3.05, 3.63) is 0 Å². The van der Waals surface area contributed by atoms with Crippen LogP contribution in [-0.4, -0.2) is 32.9 Å². The van der Waals surface area contributed by atoms with Crippen molar-refractivity contribution in [2.24, 2.45) is 5.92 Å². The monoisotopic (exact) mass is 258 g/mol. The Balaban J connectivity index is 1.90. The average molecular weight is 258 g/mol.